The van der Waals surface area contributed by atoms with Crippen LogP contribution in [-0.4, -0.2) is 51.4 Å². The van der Waals surface area contributed by atoms with Gasteiger partial charge in [-0.15, -0.1) is 11.3 Å². The lowest BCUT2D eigenvalue weighted by Crippen LogP contribution is -2.39. The largest absolute Gasteiger partial charge is 0.451 e. The standard InChI is InChI=1S/C19H26N4O3S/c1-12(2)9-23(10-13(3)4)15(24)11-26-19(25)16-14(5)22-18(27-16)17-20-7-6-8-21-17/h6-8,12-13H,9-11H2,1-5H3. The van der Waals surface area contributed by atoms with E-state index in [-0.39, 0.29) is 12.5 Å². The Hall–Kier alpha value is -2.35. The molecule has 0 saturated carbocycles. The second-order valence-corrected chi connectivity index (χ2v) is 8.17. The van der Waals surface area contributed by atoms with E-state index in [0.29, 0.717) is 46.3 Å². The van der Waals surface area contributed by atoms with Gasteiger partial charge in [0.15, 0.2) is 17.4 Å². The lowest BCUT2D eigenvalue weighted by molar-refractivity contribution is -0.135. The molecule has 0 unspecified atom stereocenters. The van der Waals surface area contributed by atoms with E-state index in [1.165, 1.54) is 11.3 Å². The second-order valence-electron chi connectivity index (χ2n) is 7.17. The monoisotopic (exact) mass is 390 g/mol. The first-order valence-electron chi connectivity index (χ1n) is 8.97. The highest BCUT2D eigenvalue weighted by Crippen LogP contribution is 2.25. The summed E-state index contributed by atoms with van der Waals surface area (Å²) in [6.07, 6.45) is 3.24. The molecule has 0 atom stereocenters. The van der Waals surface area contributed by atoms with Gasteiger partial charge in [0, 0.05) is 25.5 Å². The van der Waals surface area contributed by atoms with Crippen molar-refractivity contribution in [2.24, 2.45) is 11.8 Å². The molecule has 0 N–H and O–H groups in total. The lowest BCUT2D eigenvalue weighted by atomic mass is 10.1. The second kappa shape index (κ2) is 9.55. The van der Waals surface area contributed by atoms with Crippen LogP contribution in [0.5, 0.6) is 0 Å². The highest BCUT2D eigenvalue weighted by molar-refractivity contribution is 7.16. The van der Waals surface area contributed by atoms with Gasteiger partial charge in [-0.25, -0.2) is 19.7 Å². The van der Waals surface area contributed by atoms with E-state index in [9.17, 15) is 9.59 Å². The molecule has 0 saturated heterocycles. The molecular weight excluding hydrogens is 364 g/mol. The smallest absolute Gasteiger partial charge is 0.350 e. The van der Waals surface area contributed by atoms with E-state index in [2.05, 4.69) is 42.6 Å². The number of hydrogen-bond acceptors (Lipinski definition) is 7. The molecule has 0 fully saturated rings. The van der Waals surface area contributed by atoms with Crippen molar-refractivity contribution < 1.29 is 14.3 Å². The van der Waals surface area contributed by atoms with Crippen molar-refractivity contribution in [1.29, 1.82) is 0 Å². The van der Waals surface area contributed by atoms with Crippen LogP contribution in [0.2, 0.25) is 0 Å². The van der Waals surface area contributed by atoms with Crippen LogP contribution in [0.15, 0.2) is 18.5 Å². The van der Waals surface area contributed by atoms with Crippen LogP contribution in [0, 0.1) is 18.8 Å². The van der Waals surface area contributed by atoms with Crippen LogP contribution >= 0.6 is 11.3 Å². The Bertz CT molecular complexity index is 765. The molecule has 2 aromatic heterocycles. The summed E-state index contributed by atoms with van der Waals surface area (Å²) in [6, 6.07) is 1.71. The van der Waals surface area contributed by atoms with Gasteiger partial charge < -0.3 is 9.64 Å². The summed E-state index contributed by atoms with van der Waals surface area (Å²) in [5.74, 6) is 0.427. The van der Waals surface area contributed by atoms with Gasteiger partial charge in [-0.05, 0) is 24.8 Å². The average Bonchev–Trinajstić information content (AvgIpc) is 3.00. The van der Waals surface area contributed by atoms with Crippen LogP contribution in [0.1, 0.15) is 43.1 Å². The van der Waals surface area contributed by atoms with Gasteiger partial charge in [0.05, 0.1) is 5.69 Å². The van der Waals surface area contributed by atoms with Gasteiger partial charge in [0.1, 0.15) is 4.88 Å². The lowest BCUT2D eigenvalue weighted by Gasteiger charge is -2.26. The molecule has 8 heteroatoms. The fourth-order valence-corrected chi connectivity index (χ4v) is 3.44. The van der Waals surface area contributed by atoms with Gasteiger partial charge in [0.2, 0.25) is 0 Å². The number of thiazole rings is 1. The minimum Gasteiger partial charge on any atom is -0.451 e. The number of esters is 1. The first-order chi connectivity index (χ1) is 12.8. The summed E-state index contributed by atoms with van der Waals surface area (Å²) >= 11 is 1.17. The summed E-state index contributed by atoms with van der Waals surface area (Å²) in [6.45, 7) is 11.0. The van der Waals surface area contributed by atoms with Gasteiger partial charge >= 0.3 is 5.97 Å². The van der Waals surface area contributed by atoms with Crippen LogP contribution in [0.4, 0.5) is 0 Å². The third kappa shape index (κ3) is 6.09. The molecular formula is C19H26N4O3S. The van der Waals surface area contributed by atoms with Crippen molar-refractivity contribution in [1.82, 2.24) is 19.9 Å². The SMILES string of the molecule is Cc1nc(-c2ncccn2)sc1C(=O)OCC(=O)N(CC(C)C)CC(C)C. The molecule has 0 bridgehead atoms. The minimum absolute atomic E-state index is 0.181. The van der Waals surface area contributed by atoms with Crippen molar-refractivity contribution in [2.75, 3.05) is 19.7 Å². The molecule has 1 amide bonds. The van der Waals surface area contributed by atoms with Crippen molar-refractivity contribution in [2.45, 2.75) is 34.6 Å². The van der Waals surface area contributed by atoms with E-state index in [1.807, 2.05) is 0 Å². The Morgan fingerprint density at radius 2 is 1.70 bits per heavy atom. The molecule has 0 spiro atoms. The Balaban J connectivity index is 2.02. The molecule has 27 heavy (non-hydrogen) atoms. The van der Waals surface area contributed by atoms with Crippen LogP contribution in [0.3, 0.4) is 0 Å². The molecule has 0 aromatic carbocycles. The Morgan fingerprint density at radius 1 is 1.11 bits per heavy atom. The van der Waals surface area contributed by atoms with E-state index in [1.54, 1.807) is 30.3 Å². The normalized spacial score (nSPS) is 11.1. The summed E-state index contributed by atoms with van der Waals surface area (Å²) in [4.78, 5) is 39.6. The first kappa shape index (κ1) is 21.0. The average molecular weight is 391 g/mol. The van der Waals surface area contributed by atoms with Crippen LogP contribution < -0.4 is 0 Å². The number of nitrogens with zero attached hydrogens (tertiary/aromatic N) is 4. The van der Waals surface area contributed by atoms with Gasteiger partial charge in [0.25, 0.3) is 5.91 Å². The number of amides is 1. The number of ether oxygens (including phenoxy) is 1. The van der Waals surface area contributed by atoms with Crippen LogP contribution in [0.25, 0.3) is 10.8 Å². The molecule has 0 aliphatic rings. The number of aryl methyl sites for hydroxylation is 1. The van der Waals surface area contributed by atoms with Gasteiger partial charge in [-0.1, -0.05) is 27.7 Å². The maximum atomic E-state index is 12.5. The molecule has 2 aromatic rings. The Morgan fingerprint density at radius 3 is 2.26 bits per heavy atom. The number of rotatable bonds is 8. The number of aromatic nitrogens is 3. The Labute approximate surface area is 163 Å². The van der Waals surface area contributed by atoms with E-state index in [4.69, 9.17) is 4.74 Å². The van der Waals surface area contributed by atoms with Crippen molar-refractivity contribution in [3.63, 3.8) is 0 Å². The molecule has 2 rings (SSSR count). The van der Waals surface area contributed by atoms with E-state index < -0.39 is 5.97 Å². The zero-order valence-corrected chi connectivity index (χ0v) is 17.2. The zero-order chi connectivity index (χ0) is 20.0. The van der Waals surface area contributed by atoms with Crippen molar-refractivity contribution in [3.8, 4) is 10.8 Å². The Kier molecular flexibility index (Phi) is 7.41. The van der Waals surface area contributed by atoms with E-state index in [0.717, 1.165) is 0 Å². The molecule has 146 valence electrons. The van der Waals surface area contributed by atoms with Crippen molar-refractivity contribution in [3.05, 3.63) is 29.0 Å². The molecule has 0 aliphatic heterocycles. The number of carbonyl (C=O) groups excluding carboxylic acids is 2. The quantitative estimate of drug-likeness (QED) is 0.644. The molecule has 2 heterocycles. The predicted octanol–water partition coefficient (Wildman–Crippen LogP) is 3.21. The van der Waals surface area contributed by atoms with Gasteiger partial charge in [-0.2, -0.15) is 0 Å². The summed E-state index contributed by atoms with van der Waals surface area (Å²) in [7, 11) is 0. The summed E-state index contributed by atoms with van der Waals surface area (Å²) in [5.41, 5.74) is 0.543. The highest BCUT2D eigenvalue weighted by atomic mass is 32.1. The maximum absolute atomic E-state index is 12.5. The molecule has 7 nitrogen and oxygen atoms in total. The van der Waals surface area contributed by atoms with E-state index >= 15 is 0 Å². The fourth-order valence-electron chi connectivity index (χ4n) is 2.53. The summed E-state index contributed by atoms with van der Waals surface area (Å²) < 4.78 is 5.26. The number of carbonyl (C=O) groups is 2. The summed E-state index contributed by atoms with van der Waals surface area (Å²) in [5, 5.41) is 0.549. The van der Waals surface area contributed by atoms with Crippen LogP contribution in [-0.2, 0) is 9.53 Å². The third-order valence-electron chi connectivity index (χ3n) is 3.59. The topological polar surface area (TPSA) is 85.3 Å². The van der Waals surface area contributed by atoms with Crippen molar-refractivity contribution >= 4 is 23.2 Å². The van der Waals surface area contributed by atoms with Gasteiger partial charge in [-0.3, -0.25) is 4.79 Å². The molecule has 0 aliphatic carbocycles. The number of hydrogen-bond donors (Lipinski definition) is 0. The zero-order valence-electron chi connectivity index (χ0n) is 16.4. The third-order valence-corrected chi connectivity index (χ3v) is 4.72. The maximum Gasteiger partial charge on any atom is 0.350 e. The fraction of sp³-hybridized carbons (Fsp3) is 0.526. The first-order valence-corrected chi connectivity index (χ1v) is 9.79. The predicted molar refractivity (Wildman–Crippen MR) is 104 cm³/mol. The molecule has 0 radical (unpaired) electrons. The minimum atomic E-state index is -0.547. The highest BCUT2D eigenvalue weighted by Gasteiger charge is 2.22.